The number of para-hydroxylation sites is 1. The summed E-state index contributed by atoms with van der Waals surface area (Å²) in [6.07, 6.45) is 0.770. The van der Waals surface area contributed by atoms with Crippen LogP contribution >= 0.6 is 11.6 Å². The first kappa shape index (κ1) is 15.2. The summed E-state index contributed by atoms with van der Waals surface area (Å²) >= 11 is 5.85. The number of alkyl halides is 1. The molecule has 2 rings (SSSR count). The van der Waals surface area contributed by atoms with Gasteiger partial charge in [-0.3, -0.25) is 4.79 Å². The number of halogens is 1. The van der Waals surface area contributed by atoms with Gasteiger partial charge in [0.1, 0.15) is 18.3 Å². The second kappa shape index (κ2) is 6.04. The highest BCUT2D eigenvalue weighted by atomic mass is 35.5. The maximum Gasteiger partial charge on any atom is 0.231 e. The van der Waals surface area contributed by atoms with Crippen LogP contribution in [0, 0.1) is 5.41 Å². The zero-order valence-electron chi connectivity index (χ0n) is 12.3. The van der Waals surface area contributed by atoms with Gasteiger partial charge in [-0.05, 0) is 17.9 Å². The van der Waals surface area contributed by atoms with Gasteiger partial charge in [0.2, 0.25) is 5.91 Å². The van der Waals surface area contributed by atoms with Crippen molar-refractivity contribution in [2.24, 2.45) is 5.41 Å². The summed E-state index contributed by atoms with van der Waals surface area (Å²) in [5, 5.41) is 3.14. The number of nitrogens with one attached hydrogen (secondary N) is 1. The molecule has 0 aromatic heterocycles. The van der Waals surface area contributed by atoms with Crippen LogP contribution in [-0.4, -0.2) is 24.4 Å². The highest BCUT2D eigenvalue weighted by molar-refractivity contribution is 6.17. The molecule has 0 saturated heterocycles. The van der Waals surface area contributed by atoms with Crippen LogP contribution in [0.1, 0.15) is 38.7 Å². The zero-order valence-corrected chi connectivity index (χ0v) is 13.0. The maximum absolute atomic E-state index is 12.5. The van der Waals surface area contributed by atoms with Gasteiger partial charge in [0.15, 0.2) is 0 Å². The highest BCUT2D eigenvalue weighted by Gasteiger charge is 2.33. The summed E-state index contributed by atoms with van der Waals surface area (Å²) in [5.74, 6) is 1.17. The first-order chi connectivity index (χ1) is 9.43. The standard InChI is InChI=1S/C16H22ClNO2/c1-16(2,3)14(8-9-17)18-15(19)12-10-20-13-7-5-4-6-11(12)13/h4-7,12,14H,8-10H2,1-3H3,(H,18,19). The number of amides is 1. The summed E-state index contributed by atoms with van der Waals surface area (Å²) in [7, 11) is 0. The van der Waals surface area contributed by atoms with Gasteiger partial charge >= 0.3 is 0 Å². The minimum absolute atomic E-state index is 0.0104. The molecule has 1 aliphatic rings. The van der Waals surface area contributed by atoms with Crippen molar-refractivity contribution in [2.75, 3.05) is 12.5 Å². The van der Waals surface area contributed by atoms with Gasteiger partial charge < -0.3 is 10.1 Å². The molecule has 0 bridgehead atoms. The number of carbonyl (C=O) groups excluding carboxylic acids is 1. The average molecular weight is 296 g/mol. The Morgan fingerprint density at radius 2 is 2.15 bits per heavy atom. The van der Waals surface area contributed by atoms with Crippen molar-refractivity contribution in [1.29, 1.82) is 0 Å². The fourth-order valence-electron chi connectivity index (χ4n) is 2.48. The van der Waals surface area contributed by atoms with E-state index in [0.717, 1.165) is 17.7 Å². The maximum atomic E-state index is 12.5. The lowest BCUT2D eigenvalue weighted by atomic mass is 9.84. The third kappa shape index (κ3) is 3.26. The van der Waals surface area contributed by atoms with Crippen molar-refractivity contribution in [3.05, 3.63) is 29.8 Å². The molecule has 20 heavy (non-hydrogen) atoms. The molecule has 1 heterocycles. The van der Waals surface area contributed by atoms with E-state index in [-0.39, 0.29) is 23.3 Å². The number of benzene rings is 1. The molecule has 1 amide bonds. The van der Waals surface area contributed by atoms with Crippen LogP contribution in [0.3, 0.4) is 0 Å². The fraction of sp³-hybridized carbons (Fsp3) is 0.562. The van der Waals surface area contributed by atoms with Crippen molar-refractivity contribution in [3.63, 3.8) is 0 Å². The Balaban J connectivity index is 2.09. The summed E-state index contributed by atoms with van der Waals surface area (Å²) < 4.78 is 5.57. The Kier molecular flexibility index (Phi) is 4.59. The van der Waals surface area contributed by atoms with Gasteiger partial charge in [-0.2, -0.15) is 0 Å². The molecule has 1 N–H and O–H groups in total. The van der Waals surface area contributed by atoms with E-state index in [2.05, 4.69) is 26.1 Å². The molecule has 110 valence electrons. The quantitative estimate of drug-likeness (QED) is 0.865. The van der Waals surface area contributed by atoms with E-state index in [1.165, 1.54) is 0 Å². The molecule has 1 aromatic carbocycles. The molecule has 0 aliphatic carbocycles. The van der Waals surface area contributed by atoms with Crippen LogP contribution in [0.25, 0.3) is 0 Å². The Labute approximate surface area is 125 Å². The Morgan fingerprint density at radius 3 is 2.80 bits per heavy atom. The predicted molar refractivity (Wildman–Crippen MR) is 81.4 cm³/mol. The van der Waals surface area contributed by atoms with Crippen molar-refractivity contribution < 1.29 is 9.53 Å². The monoisotopic (exact) mass is 295 g/mol. The summed E-state index contributed by atoms with van der Waals surface area (Å²) in [5.41, 5.74) is 0.965. The molecule has 0 saturated carbocycles. The lowest BCUT2D eigenvalue weighted by Crippen LogP contribution is -2.46. The van der Waals surface area contributed by atoms with Gasteiger partial charge in [-0.25, -0.2) is 0 Å². The third-order valence-corrected chi connectivity index (χ3v) is 3.99. The molecular formula is C16H22ClNO2. The second-order valence-electron chi connectivity index (χ2n) is 6.31. The van der Waals surface area contributed by atoms with Crippen LogP contribution < -0.4 is 10.1 Å². The van der Waals surface area contributed by atoms with Gasteiger partial charge in [-0.15, -0.1) is 11.6 Å². The number of hydrogen-bond acceptors (Lipinski definition) is 2. The van der Waals surface area contributed by atoms with Crippen LogP contribution in [0.2, 0.25) is 0 Å². The fourth-order valence-corrected chi connectivity index (χ4v) is 2.70. The number of ether oxygens (including phenoxy) is 1. The normalized spacial score (nSPS) is 19.1. The molecule has 1 aromatic rings. The molecule has 2 unspecified atom stereocenters. The number of fused-ring (bicyclic) bond motifs is 1. The predicted octanol–water partition coefficient (Wildman–Crippen LogP) is 3.32. The summed E-state index contributed by atoms with van der Waals surface area (Å²) in [4.78, 5) is 12.5. The minimum Gasteiger partial charge on any atom is -0.492 e. The van der Waals surface area contributed by atoms with Gasteiger partial charge in [-0.1, -0.05) is 39.0 Å². The molecular weight excluding hydrogens is 274 g/mol. The first-order valence-electron chi connectivity index (χ1n) is 7.01. The Hall–Kier alpha value is -1.22. The molecule has 3 nitrogen and oxygen atoms in total. The molecule has 2 atom stereocenters. The number of carbonyl (C=O) groups is 1. The molecule has 0 spiro atoms. The van der Waals surface area contributed by atoms with Crippen LogP contribution in [0.15, 0.2) is 24.3 Å². The smallest absolute Gasteiger partial charge is 0.231 e. The third-order valence-electron chi connectivity index (χ3n) is 3.78. The van der Waals surface area contributed by atoms with Crippen molar-refractivity contribution in [2.45, 2.75) is 39.2 Å². The van der Waals surface area contributed by atoms with E-state index in [1.54, 1.807) is 0 Å². The number of rotatable bonds is 4. The van der Waals surface area contributed by atoms with E-state index in [9.17, 15) is 4.79 Å². The van der Waals surface area contributed by atoms with Crippen molar-refractivity contribution >= 4 is 17.5 Å². The summed E-state index contributed by atoms with van der Waals surface area (Å²) in [6.45, 7) is 6.76. The van der Waals surface area contributed by atoms with E-state index in [0.29, 0.717) is 12.5 Å². The van der Waals surface area contributed by atoms with Gasteiger partial charge in [0.05, 0.1) is 0 Å². The molecule has 1 aliphatic heterocycles. The zero-order chi connectivity index (χ0) is 14.8. The minimum atomic E-state index is -0.216. The van der Waals surface area contributed by atoms with E-state index < -0.39 is 0 Å². The van der Waals surface area contributed by atoms with Gasteiger partial charge in [0, 0.05) is 17.5 Å². The van der Waals surface area contributed by atoms with Gasteiger partial charge in [0.25, 0.3) is 0 Å². The first-order valence-corrected chi connectivity index (χ1v) is 7.55. The molecule has 0 radical (unpaired) electrons. The SMILES string of the molecule is CC(C)(C)C(CCCl)NC(=O)C1COc2ccccc21. The van der Waals surface area contributed by atoms with Crippen LogP contribution in [0.5, 0.6) is 5.75 Å². The molecule has 4 heteroatoms. The number of hydrogen-bond donors (Lipinski definition) is 1. The van der Waals surface area contributed by atoms with Crippen molar-refractivity contribution in [3.8, 4) is 5.75 Å². The van der Waals surface area contributed by atoms with E-state index >= 15 is 0 Å². The second-order valence-corrected chi connectivity index (χ2v) is 6.68. The van der Waals surface area contributed by atoms with Crippen molar-refractivity contribution in [1.82, 2.24) is 5.32 Å². The lowest BCUT2D eigenvalue weighted by molar-refractivity contribution is -0.124. The topological polar surface area (TPSA) is 38.3 Å². The molecule has 0 fully saturated rings. The van der Waals surface area contributed by atoms with E-state index in [1.807, 2.05) is 24.3 Å². The highest BCUT2D eigenvalue weighted by Crippen LogP contribution is 2.34. The van der Waals surface area contributed by atoms with E-state index in [4.69, 9.17) is 16.3 Å². The average Bonchev–Trinajstić information content (AvgIpc) is 2.81. The lowest BCUT2D eigenvalue weighted by Gasteiger charge is -2.31. The van der Waals surface area contributed by atoms with Crippen LogP contribution in [-0.2, 0) is 4.79 Å². The Morgan fingerprint density at radius 1 is 1.45 bits per heavy atom. The summed E-state index contributed by atoms with van der Waals surface area (Å²) in [6, 6.07) is 7.79. The largest absolute Gasteiger partial charge is 0.492 e. The Bertz CT molecular complexity index is 482. The van der Waals surface area contributed by atoms with Crippen LogP contribution in [0.4, 0.5) is 0 Å².